The molecular weight excluding hydrogens is 306 g/mol. The van der Waals surface area contributed by atoms with E-state index in [1.54, 1.807) is 0 Å². The average Bonchev–Trinajstić information content (AvgIpc) is 2.78. The van der Waals surface area contributed by atoms with Gasteiger partial charge in [0.2, 0.25) is 0 Å². The van der Waals surface area contributed by atoms with Gasteiger partial charge in [-0.25, -0.2) is 0 Å². The van der Waals surface area contributed by atoms with Gasteiger partial charge in [0, 0.05) is 9.35 Å². The largest absolute Gasteiger partial charge is 0.306 e. The number of benzene rings is 1. The summed E-state index contributed by atoms with van der Waals surface area (Å²) in [5.41, 5.74) is 2.67. The van der Waals surface area contributed by atoms with Crippen LogP contribution in [0.15, 0.2) is 40.2 Å². The van der Waals surface area contributed by atoms with Crippen LogP contribution >= 0.6 is 27.3 Å². The van der Waals surface area contributed by atoms with E-state index < -0.39 is 0 Å². The Morgan fingerprint density at radius 3 is 2.72 bits per heavy atom. The summed E-state index contributed by atoms with van der Waals surface area (Å²) < 4.78 is 1.17. The summed E-state index contributed by atoms with van der Waals surface area (Å²) in [6, 6.07) is 11.0. The quantitative estimate of drug-likeness (QED) is 0.824. The Morgan fingerprint density at radius 1 is 1.33 bits per heavy atom. The Labute approximate surface area is 121 Å². The first-order valence-corrected chi connectivity index (χ1v) is 7.92. The van der Waals surface area contributed by atoms with Crippen molar-refractivity contribution in [1.82, 2.24) is 5.32 Å². The van der Waals surface area contributed by atoms with Crippen LogP contribution in [0.3, 0.4) is 0 Å². The molecule has 1 atom stereocenters. The molecule has 0 aliphatic heterocycles. The smallest absolute Gasteiger partial charge is 0.0596 e. The van der Waals surface area contributed by atoms with Crippen LogP contribution in [0.5, 0.6) is 0 Å². The van der Waals surface area contributed by atoms with E-state index in [9.17, 15) is 0 Å². The highest BCUT2D eigenvalue weighted by Crippen LogP contribution is 2.30. The molecular formula is C15H18BrNS. The van der Waals surface area contributed by atoms with Crippen molar-refractivity contribution in [3.05, 3.63) is 56.2 Å². The van der Waals surface area contributed by atoms with E-state index in [1.165, 1.54) is 20.5 Å². The number of nitrogens with one attached hydrogen (secondary N) is 1. The molecule has 3 heteroatoms. The van der Waals surface area contributed by atoms with Gasteiger partial charge in [-0.1, -0.05) is 41.1 Å². The second-order valence-electron chi connectivity index (χ2n) is 4.40. The van der Waals surface area contributed by atoms with Crippen LogP contribution in [0.1, 0.15) is 35.4 Å². The SMILES string of the molecule is CCCNC(c1csc(C)c1)c1ccccc1Br. The maximum Gasteiger partial charge on any atom is 0.0596 e. The van der Waals surface area contributed by atoms with Crippen LogP contribution in [0, 0.1) is 6.92 Å². The van der Waals surface area contributed by atoms with Gasteiger partial charge in [0.15, 0.2) is 0 Å². The zero-order valence-electron chi connectivity index (χ0n) is 10.7. The van der Waals surface area contributed by atoms with Gasteiger partial charge < -0.3 is 5.32 Å². The number of rotatable bonds is 5. The first kappa shape index (κ1) is 13.8. The maximum absolute atomic E-state index is 3.66. The van der Waals surface area contributed by atoms with Gasteiger partial charge in [0.1, 0.15) is 0 Å². The van der Waals surface area contributed by atoms with Gasteiger partial charge in [-0.05, 0) is 48.5 Å². The lowest BCUT2D eigenvalue weighted by atomic mass is 10.0. The molecule has 18 heavy (non-hydrogen) atoms. The van der Waals surface area contributed by atoms with Crippen molar-refractivity contribution in [1.29, 1.82) is 0 Å². The Hall–Kier alpha value is -0.640. The van der Waals surface area contributed by atoms with Gasteiger partial charge in [0.05, 0.1) is 6.04 Å². The minimum absolute atomic E-state index is 0.283. The van der Waals surface area contributed by atoms with Crippen molar-refractivity contribution >= 4 is 27.3 Å². The lowest BCUT2D eigenvalue weighted by Crippen LogP contribution is -2.23. The van der Waals surface area contributed by atoms with E-state index in [-0.39, 0.29) is 6.04 Å². The predicted molar refractivity (Wildman–Crippen MR) is 83.3 cm³/mol. The monoisotopic (exact) mass is 323 g/mol. The maximum atomic E-state index is 3.66. The van der Waals surface area contributed by atoms with Gasteiger partial charge in [-0.3, -0.25) is 0 Å². The van der Waals surface area contributed by atoms with Gasteiger partial charge in [-0.15, -0.1) is 11.3 Å². The molecule has 2 aromatic rings. The van der Waals surface area contributed by atoms with Crippen molar-refractivity contribution in [2.45, 2.75) is 26.3 Å². The van der Waals surface area contributed by atoms with E-state index >= 15 is 0 Å². The minimum Gasteiger partial charge on any atom is -0.306 e. The standard InChI is InChI=1S/C15H18BrNS/c1-3-8-17-15(12-9-11(2)18-10-12)13-6-4-5-7-14(13)16/h4-7,9-10,15,17H,3,8H2,1-2H3. The molecule has 0 saturated carbocycles. The van der Waals surface area contributed by atoms with E-state index in [0.29, 0.717) is 0 Å². The molecule has 1 aromatic heterocycles. The summed E-state index contributed by atoms with van der Waals surface area (Å²) in [5, 5.41) is 5.88. The van der Waals surface area contributed by atoms with Crippen LogP contribution in [-0.2, 0) is 0 Å². The van der Waals surface area contributed by atoms with Crippen molar-refractivity contribution in [2.75, 3.05) is 6.54 Å². The molecule has 0 saturated heterocycles. The molecule has 1 nitrogen and oxygen atoms in total. The van der Waals surface area contributed by atoms with Crippen LogP contribution in [0.2, 0.25) is 0 Å². The zero-order chi connectivity index (χ0) is 13.0. The highest BCUT2D eigenvalue weighted by atomic mass is 79.9. The molecule has 0 fully saturated rings. The molecule has 2 rings (SSSR count). The first-order valence-electron chi connectivity index (χ1n) is 6.25. The highest BCUT2D eigenvalue weighted by Gasteiger charge is 2.16. The fourth-order valence-electron chi connectivity index (χ4n) is 2.02. The summed E-state index contributed by atoms with van der Waals surface area (Å²) in [6.07, 6.45) is 1.14. The van der Waals surface area contributed by atoms with Crippen molar-refractivity contribution < 1.29 is 0 Å². The lowest BCUT2D eigenvalue weighted by Gasteiger charge is -2.19. The predicted octanol–water partition coefficient (Wildman–Crippen LogP) is 4.91. The number of hydrogen-bond donors (Lipinski definition) is 1. The molecule has 0 amide bonds. The van der Waals surface area contributed by atoms with E-state index in [0.717, 1.165) is 13.0 Å². The van der Waals surface area contributed by atoms with Crippen molar-refractivity contribution in [2.24, 2.45) is 0 Å². The lowest BCUT2D eigenvalue weighted by molar-refractivity contribution is 0.598. The molecule has 96 valence electrons. The topological polar surface area (TPSA) is 12.0 Å². The normalized spacial score (nSPS) is 12.6. The third-order valence-electron chi connectivity index (χ3n) is 2.90. The third-order valence-corrected chi connectivity index (χ3v) is 4.50. The van der Waals surface area contributed by atoms with E-state index in [4.69, 9.17) is 0 Å². The Kier molecular flexibility index (Phi) is 4.98. The molecule has 1 aromatic carbocycles. The van der Waals surface area contributed by atoms with Gasteiger partial charge in [-0.2, -0.15) is 0 Å². The van der Waals surface area contributed by atoms with Gasteiger partial charge >= 0.3 is 0 Å². The molecule has 1 heterocycles. The highest BCUT2D eigenvalue weighted by molar-refractivity contribution is 9.10. The first-order chi connectivity index (χ1) is 8.72. The molecule has 0 radical (unpaired) electrons. The summed E-state index contributed by atoms with van der Waals surface area (Å²) >= 11 is 5.47. The van der Waals surface area contributed by atoms with Crippen LogP contribution in [-0.4, -0.2) is 6.54 Å². The van der Waals surface area contributed by atoms with E-state index in [1.807, 2.05) is 11.3 Å². The number of aryl methyl sites for hydroxylation is 1. The third kappa shape index (κ3) is 3.22. The fraction of sp³-hybridized carbons (Fsp3) is 0.333. The Morgan fingerprint density at radius 2 is 2.11 bits per heavy atom. The molecule has 1 N–H and O–H groups in total. The van der Waals surface area contributed by atoms with Crippen LogP contribution in [0.25, 0.3) is 0 Å². The second kappa shape index (κ2) is 6.50. The van der Waals surface area contributed by atoms with Crippen molar-refractivity contribution in [3.8, 4) is 0 Å². The molecule has 0 spiro atoms. The number of halogens is 1. The Bertz CT molecular complexity index is 507. The Balaban J connectivity index is 2.33. The van der Waals surface area contributed by atoms with Crippen LogP contribution in [0.4, 0.5) is 0 Å². The molecule has 0 bridgehead atoms. The van der Waals surface area contributed by atoms with Gasteiger partial charge in [0.25, 0.3) is 0 Å². The summed E-state index contributed by atoms with van der Waals surface area (Å²) in [5.74, 6) is 0. The molecule has 0 aliphatic carbocycles. The second-order valence-corrected chi connectivity index (χ2v) is 6.37. The summed E-state index contributed by atoms with van der Waals surface area (Å²) in [4.78, 5) is 1.36. The van der Waals surface area contributed by atoms with E-state index in [2.05, 4.69) is 70.8 Å². The number of hydrogen-bond acceptors (Lipinski definition) is 2. The zero-order valence-corrected chi connectivity index (χ0v) is 13.1. The fourth-order valence-corrected chi connectivity index (χ4v) is 3.26. The molecule has 1 unspecified atom stereocenters. The average molecular weight is 324 g/mol. The van der Waals surface area contributed by atoms with Crippen molar-refractivity contribution in [3.63, 3.8) is 0 Å². The number of thiophene rings is 1. The molecule has 0 aliphatic rings. The minimum atomic E-state index is 0.283. The van der Waals surface area contributed by atoms with Crippen LogP contribution < -0.4 is 5.32 Å². The summed E-state index contributed by atoms with van der Waals surface area (Å²) in [6.45, 7) is 5.38. The summed E-state index contributed by atoms with van der Waals surface area (Å²) in [7, 11) is 0.